The Hall–Kier alpha value is -0.380. The summed E-state index contributed by atoms with van der Waals surface area (Å²) in [4.78, 5) is 3.78. The molecule has 74 valence electrons. The molecule has 0 fully saturated rings. The van der Waals surface area contributed by atoms with Crippen LogP contribution in [0.2, 0.25) is 0 Å². The largest absolute Gasteiger partial charge is 0.329 e. The molecule has 0 aliphatic carbocycles. The Morgan fingerprint density at radius 3 is 2.54 bits per heavy atom. The maximum absolute atomic E-state index is 5.78. The summed E-state index contributed by atoms with van der Waals surface area (Å²) in [5.74, 6) is 0. The van der Waals surface area contributed by atoms with E-state index in [1.807, 2.05) is 0 Å². The summed E-state index contributed by atoms with van der Waals surface area (Å²) in [7, 11) is 0. The summed E-state index contributed by atoms with van der Waals surface area (Å²) in [5.41, 5.74) is 5.78. The molecule has 0 spiro atoms. The first-order valence-corrected chi connectivity index (χ1v) is 5.68. The zero-order valence-corrected chi connectivity index (χ0v) is 9.18. The molecule has 0 saturated heterocycles. The van der Waals surface area contributed by atoms with Crippen molar-refractivity contribution in [2.75, 3.05) is 19.6 Å². The zero-order valence-electron chi connectivity index (χ0n) is 8.36. The highest BCUT2D eigenvalue weighted by molar-refractivity contribution is 7.10. The monoisotopic (exact) mass is 198 g/mol. The average Bonchev–Trinajstić information content (AvgIpc) is 2.66. The molecule has 0 aliphatic heterocycles. The minimum absolute atomic E-state index is 0.412. The lowest BCUT2D eigenvalue weighted by Gasteiger charge is -2.27. The number of hydrogen-bond donors (Lipinski definition) is 1. The van der Waals surface area contributed by atoms with Crippen molar-refractivity contribution >= 4 is 11.3 Å². The van der Waals surface area contributed by atoms with Crippen LogP contribution in [-0.4, -0.2) is 24.5 Å². The van der Waals surface area contributed by atoms with Gasteiger partial charge in [-0.25, -0.2) is 0 Å². The fourth-order valence-corrected chi connectivity index (χ4v) is 2.46. The van der Waals surface area contributed by atoms with Crippen LogP contribution in [0.25, 0.3) is 0 Å². The van der Waals surface area contributed by atoms with Crippen LogP contribution in [0.15, 0.2) is 17.5 Å². The van der Waals surface area contributed by atoms with E-state index in [-0.39, 0.29) is 0 Å². The van der Waals surface area contributed by atoms with Crippen molar-refractivity contribution < 1.29 is 0 Å². The third-order valence-electron chi connectivity index (χ3n) is 2.35. The van der Waals surface area contributed by atoms with Gasteiger partial charge in [0.05, 0.1) is 6.04 Å². The molecule has 0 unspecified atom stereocenters. The highest BCUT2D eigenvalue weighted by Gasteiger charge is 2.16. The summed E-state index contributed by atoms with van der Waals surface area (Å²) in [6.07, 6.45) is 0. The Labute approximate surface area is 84.4 Å². The predicted molar refractivity (Wildman–Crippen MR) is 59.0 cm³/mol. The highest BCUT2D eigenvalue weighted by atomic mass is 32.1. The number of rotatable bonds is 5. The van der Waals surface area contributed by atoms with Crippen molar-refractivity contribution in [3.63, 3.8) is 0 Å². The van der Waals surface area contributed by atoms with Crippen molar-refractivity contribution in [3.05, 3.63) is 22.4 Å². The van der Waals surface area contributed by atoms with Crippen molar-refractivity contribution in [3.8, 4) is 0 Å². The van der Waals surface area contributed by atoms with Gasteiger partial charge in [-0.15, -0.1) is 11.3 Å². The van der Waals surface area contributed by atoms with E-state index in [0.717, 1.165) is 13.1 Å². The number of nitrogens with two attached hydrogens (primary N) is 1. The summed E-state index contributed by atoms with van der Waals surface area (Å²) >= 11 is 1.79. The SMILES string of the molecule is CCN(CC)[C@@H](CN)c1cccs1. The first kappa shape index (κ1) is 10.7. The average molecular weight is 198 g/mol. The zero-order chi connectivity index (χ0) is 9.68. The summed E-state index contributed by atoms with van der Waals surface area (Å²) in [6.45, 7) is 7.20. The molecule has 0 bridgehead atoms. The van der Waals surface area contributed by atoms with Gasteiger partial charge in [0.15, 0.2) is 0 Å². The second kappa shape index (κ2) is 5.37. The van der Waals surface area contributed by atoms with Crippen LogP contribution in [0.1, 0.15) is 24.8 Å². The van der Waals surface area contributed by atoms with Crippen molar-refractivity contribution in [1.82, 2.24) is 4.90 Å². The molecular weight excluding hydrogens is 180 g/mol. The van der Waals surface area contributed by atoms with Gasteiger partial charge in [0.1, 0.15) is 0 Å². The Morgan fingerprint density at radius 1 is 1.46 bits per heavy atom. The third kappa shape index (κ3) is 2.53. The second-order valence-corrected chi connectivity index (χ2v) is 3.97. The number of nitrogens with zero attached hydrogens (tertiary/aromatic N) is 1. The number of hydrogen-bond acceptors (Lipinski definition) is 3. The van der Waals surface area contributed by atoms with E-state index in [1.165, 1.54) is 4.88 Å². The van der Waals surface area contributed by atoms with Crippen LogP contribution in [0, 0.1) is 0 Å². The molecule has 0 aliphatic rings. The maximum atomic E-state index is 5.78. The van der Waals surface area contributed by atoms with E-state index >= 15 is 0 Å². The molecular formula is C10H18N2S. The Kier molecular flexibility index (Phi) is 4.42. The van der Waals surface area contributed by atoms with Crippen LogP contribution in [0.4, 0.5) is 0 Å². The summed E-state index contributed by atoms with van der Waals surface area (Å²) in [6, 6.07) is 4.67. The molecule has 2 nitrogen and oxygen atoms in total. The predicted octanol–water partition coefficient (Wildman–Crippen LogP) is 2.09. The van der Waals surface area contributed by atoms with Crippen LogP contribution in [0.5, 0.6) is 0 Å². The van der Waals surface area contributed by atoms with E-state index in [1.54, 1.807) is 11.3 Å². The molecule has 0 saturated carbocycles. The van der Waals surface area contributed by atoms with Crippen LogP contribution in [-0.2, 0) is 0 Å². The quantitative estimate of drug-likeness (QED) is 0.785. The smallest absolute Gasteiger partial charge is 0.0564 e. The highest BCUT2D eigenvalue weighted by Crippen LogP contribution is 2.23. The van der Waals surface area contributed by atoms with Gasteiger partial charge in [0.2, 0.25) is 0 Å². The van der Waals surface area contributed by atoms with Crippen LogP contribution in [0.3, 0.4) is 0 Å². The summed E-state index contributed by atoms with van der Waals surface area (Å²) < 4.78 is 0. The molecule has 1 rings (SSSR count). The topological polar surface area (TPSA) is 29.3 Å². The summed E-state index contributed by atoms with van der Waals surface area (Å²) in [5, 5.41) is 2.11. The van der Waals surface area contributed by atoms with Crippen molar-refractivity contribution in [2.24, 2.45) is 5.73 Å². The van der Waals surface area contributed by atoms with E-state index in [4.69, 9.17) is 5.73 Å². The molecule has 1 atom stereocenters. The van der Waals surface area contributed by atoms with Crippen LogP contribution >= 0.6 is 11.3 Å². The molecule has 1 aromatic rings. The molecule has 1 heterocycles. The lowest BCUT2D eigenvalue weighted by molar-refractivity contribution is 0.227. The van der Waals surface area contributed by atoms with Crippen molar-refractivity contribution in [2.45, 2.75) is 19.9 Å². The lowest BCUT2D eigenvalue weighted by atomic mass is 10.2. The van der Waals surface area contributed by atoms with Gasteiger partial charge in [-0.05, 0) is 24.5 Å². The van der Waals surface area contributed by atoms with Gasteiger partial charge < -0.3 is 5.73 Å². The molecule has 0 aromatic carbocycles. The Bertz CT molecular complexity index is 217. The fourth-order valence-electron chi connectivity index (χ4n) is 1.59. The molecule has 0 amide bonds. The maximum Gasteiger partial charge on any atom is 0.0564 e. The molecule has 13 heavy (non-hydrogen) atoms. The Morgan fingerprint density at radius 2 is 2.15 bits per heavy atom. The van der Waals surface area contributed by atoms with E-state index in [0.29, 0.717) is 12.6 Å². The van der Waals surface area contributed by atoms with E-state index in [9.17, 15) is 0 Å². The third-order valence-corrected chi connectivity index (χ3v) is 3.32. The minimum atomic E-state index is 0.412. The number of likely N-dealkylation sites (N-methyl/N-ethyl adjacent to an activating group) is 1. The van der Waals surface area contributed by atoms with E-state index < -0.39 is 0 Å². The standard InChI is InChI=1S/C10H18N2S/c1-3-12(4-2)9(8-11)10-6-5-7-13-10/h5-7,9H,3-4,8,11H2,1-2H3/t9-/m0/s1. The lowest BCUT2D eigenvalue weighted by Crippen LogP contribution is -2.32. The van der Waals surface area contributed by atoms with Gasteiger partial charge in [-0.1, -0.05) is 19.9 Å². The van der Waals surface area contributed by atoms with Gasteiger partial charge in [-0.3, -0.25) is 4.90 Å². The first-order chi connectivity index (χ1) is 6.33. The molecule has 2 N–H and O–H groups in total. The van der Waals surface area contributed by atoms with Crippen molar-refractivity contribution in [1.29, 1.82) is 0 Å². The van der Waals surface area contributed by atoms with E-state index in [2.05, 4.69) is 36.3 Å². The van der Waals surface area contributed by atoms with Gasteiger partial charge in [0, 0.05) is 11.4 Å². The van der Waals surface area contributed by atoms with Gasteiger partial charge in [-0.2, -0.15) is 0 Å². The van der Waals surface area contributed by atoms with Gasteiger partial charge >= 0.3 is 0 Å². The molecule has 0 radical (unpaired) electrons. The normalized spacial score (nSPS) is 13.5. The first-order valence-electron chi connectivity index (χ1n) is 4.81. The molecule has 1 aromatic heterocycles. The minimum Gasteiger partial charge on any atom is -0.329 e. The Balaban J connectivity index is 2.72. The van der Waals surface area contributed by atoms with Crippen LogP contribution < -0.4 is 5.73 Å². The fraction of sp³-hybridized carbons (Fsp3) is 0.600. The molecule has 3 heteroatoms. The second-order valence-electron chi connectivity index (χ2n) is 2.99. The number of thiophene rings is 1. The van der Waals surface area contributed by atoms with Gasteiger partial charge in [0.25, 0.3) is 0 Å².